The predicted molar refractivity (Wildman–Crippen MR) is 117 cm³/mol. The van der Waals surface area contributed by atoms with Crippen LogP contribution in [0.25, 0.3) is 0 Å². The number of benzene rings is 2. The lowest BCUT2D eigenvalue weighted by atomic mass is 10.1. The van der Waals surface area contributed by atoms with Crippen molar-refractivity contribution in [3.8, 4) is 0 Å². The summed E-state index contributed by atoms with van der Waals surface area (Å²) in [5, 5.41) is 9.75. The summed E-state index contributed by atoms with van der Waals surface area (Å²) < 4.78 is 27.6. The first-order valence-corrected chi connectivity index (χ1v) is 11.8. The molecule has 6 nitrogen and oxygen atoms in total. The van der Waals surface area contributed by atoms with Gasteiger partial charge in [-0.3, -0.25) is 4.79 Å². The quantitative estimate of drug-likeness (QED) is 0.668. The van der Waals surface area contributed by atoms with Crippen LogP contribution in [0.15, 0.2) is 47.4 Å². The molecule has 2 aromatic carbocycles. The Balaban J connectivity index is 1.55. The first-order chi connectivity index (χ1) is 14.2. The molecule has 3 rings (SSSR count). The lowest BCUT2D eigenvalue weighted by molar-refractivity contribution is -0.136. The molecule has 0 aliphatic carbocycles. The van der Waals surface area contributed by atoms with Crippen LogP contribution in [0.5, 0.6) is 0 Å². The van der Waals surface area contributed by atoms with Crippen molar-refractivity contribution in [2.45, 2.75) is 31.1 Å². The van der Waals surface area contributed by atoms with Crippen LogP contribution in [-0.2, 0) is 27.7 Å². The molecular weight excluding hydrogens is 424 g/mol. The standard InChI is InChI=1S/C22H27ClN2O4S/c1-17-13-19(16-22(26)27)15-21(14-17)30(28,29)25-11-9-24(10-12-25)8-2-3-18-4-6-20(23)7-5-18/h4-7,13-15H,2-3,8-12,16H2,1H3,(H,26,27). The molecule has 2 aromatic rings. The van der Waals surface area contributed by atoms with E-state index < -0.39 is 16.0 Å². The third kappa shape index (κ3) is 6.04. The molecule has 1 aliphatic rings. The molecule has 162 valence electrons. The van der Waals surface area contributed by atoms with Gasteiger partial charge in [-0.1, -0.05) is 29.8 Å². The molecule has 0 aromatic heterocycles. The molecule has 8 heteroatoms. The molecule has 0 spiro atoms. The summed E-state index contributed by atoms with van der Waals surface area (Å²) in [5.41, 5.74) is 2.49. The summed E-state index contributed by atoms with van der Waals surface area (Å²) in [4.78, 5) is 13.5. The highest BCUT2D eigenvalue weighted by Gasteiger charge is 2.28. The molecule has 1 saturated heterocycles. The van der Waals surface area contributed by atoms with Crippen LogP contribution in [0, 0.1) is 6.92 Å². The zero-order valence-electron chi connectivity index (χ0n) is 17.1. The Hall–Kier alpha value is -1.93. The van der Waals surface area contributed by atoms with Gasteiger partial charge in [0.1, 0.15) is 0 Å². The second kappa shape index (κ2) is 9.92. The topological polar surface area (TPSA) is 77.9 Å². The van der Waals surface area contributed by atoms with E-state index in [1.807, 2.05) is 24.3 Å². The van der Waals surface area contributed by atoms with Crippen molar-refractivity contribution in [2.75, 3.05) is 32.7 Å². The maximum Gasteiger partial charge on any atom is 0.307 e. The SMILES string of the molecule is Cc1cc(CC(=O)O)cc(S(=O)(=O)N2CCN(CCCc3ccc(Cl)cc3)CC2)c1. The number of hydrogen-bond donors (Lipinski definition) is 1. The first kappa shape index (κ1) is 22.7. The van der Waals surface area contributed by atoms with Crippen molar-refractivity contribution < 1.29 is 18.3 Å². The third-order valence-electron chi connectivity index (χ3n) is 5.29. The molecule has 0 unspecified atom stereocenters. The zero-order valence-corrected chi connectivity index (χ0v) is 18.6. The molecule has 0 amide bonds. The zero-order chi connectivity index (χ0) is 21.7. The van der Waals surface area contributed by atoms with E-state index in [9.17, 15) is 13.2 Å². The Bertz CT molecular complexity index is 985. The van der Waals surface area contributed by atoms with Gasteiger partial charge in [-0.25, -0.2) is 8.42 Å². The smallest absolute Gasteiger partial charge is 0.307 e. The largest absolute Gasteiger partial charge is 0.481 e. The fourth-order valence-corrected chi connectivity index (χ4v) is 5.45. The van der Waals surface area contributed by atoms with Crippen molar-refractivity contribution in [2.24, 2.45) is 0 Å². The number of aliphatic carboxylic acids is 1. The molecule has 1 fully saturated rings. The van der Waals surface area contributed by atoms with Gasteiger partial charge in [-0.2, -0.15) is 4.31 Å². The lowest BCUT2D eigenvalue weighted by Gasteiger charge is -2.34. The minimum absolute atomic E-state index is 0.176. The van der Waals surface area contributed by atoms with Crippen molar-refractivity contribution in [1.82, 2.24) is 9.21 Å². The number of nitrogens with zero attached hydrogens (tertiary/aromatic N) is 2. The predicted octanol–water partition coefficient (Wildman–Crippen LogP) is 3.21. The molecule has 0 radical (unpaired) electrons. The van der Waals surface area contributed by atoms with Gasteiger partial charge in [-0.15, -0.1) is 0 Å². The molecule has 1 N–H and O–H groups in total. The summed E-state index contributed by atoms with van der Waals surface area (Å²) in [7, 11) is -3.63. The molecule has 1 heterocycles. The summed E-state index contributed by atoms with van der Waals surface area (Å²) in [5.74, 6) is -0.976. The molecule has 0 atom stereocenters. The second-order valence-corrected chi connectivity index (χ2v) is 10.1. The van der Waals surface area contributed by atoms with Crippen molar-refractivity contribution >= 4 is 27.6 Å². The van der Waals surface area contributed by atoms with E-state index in [0.717, 1.165) is 30.0 Å². The first-order valence-electron chi connectivity index (χ1n) is 10.0. The normalized spacial score (nSPS) is 15.9. The highest BCUT2D eigenvalue weighted by Crippen LogP contribution is 2.21. The minimum Gasteiger partial charge on any atom is -0.481 e. The number of halogens is 1. The van der Waals surface area contributed by atoms with E-state index >= 15 is 0 Å². The van der Waals surface area contributed by atoms with Crippen LogP contribution < -0.4 is 0 Å². The molecular formula is C22H27ClN2O4S. The maximum absolute atomic E-state index is 13.1. The van der Waals surface area contributed by atoms with Crippen LogP contribution in [-0.4, -0.2) is 61.4 Å². The molecule has 30 heavy (non-hydrogen) atoms. The average Bonchev–Trinajstić information content (AvgIpc) is 2.69. The van der Waals surface area contributed by atoms with E-state index in [1.165, 1.54) is 15.9 Å². The molecule has 0 saturated carbocycles. The fourth-order valence-electron chi connectivity index (χ4n) is 3.75. The second-order valence-electron chi connectivity index (χ2n) is 7.70. The number of carbonyl (C=O) groups is 1. The van der Waals surface area contributed by atoms with Crippen molar-refractivity contribution in [1.29, 1.82) is 0 Å². The van der Waals surface area contributed by atoms with E-state index in [-0.39, 0.29) is 11.3 Å². The van der Waals surface area contributed by atoms with Crippen LogP contribution in [0.4, 0.5) is 0 Å². The van der Waals surface area contributed by atoms with Gasteiger partial charge in [0.2, 0.25) is 10.0 Å². The van der Waals surface area contributed by atoms with Crippen LogP contribution in [0.1, 0.15) is 23.1 Å². The molecule has 1 aliphatic heterocycles. The third-order valence-corrected chi connectivity index (χ3v) is 7.42. The Morgan fingerprint density at radius 3 is 2.33 bits per heavy atom. The van der Waals surface area contributed by atoms with Crippen LogP contribution in [0.2, 0.25) is 5.02 Å². The highest BCUT2D eigenvalue weighted by atomic mass is 35.5. The monoisotopic (exact) mass is 450 g/mol. The maximum atomic E-state index is 13.1. The summed E-state index contributed by atoms with van der Waals surface area (Å²) in [6, 6.07) is 12.7. The van der Waals surface area contributed by atoms with Gasteiger partial charge < -0.3 is 10.0 Å². The van der Waals surface area contributed by atoms with Crippen LogP contribution in [0.3, 0.4) is 0 Å². The number of carboxylic acid groups (broad SMARTS) is 1. The Labute approximate surface area is 183 Å². The number of rotatable bonds is 8. The van der Waals surface area contributed by atoms with Gasteiger partial charge in [0.25, 0.3) is 0 Å². The Morgan fingerprint density at radius 2 is 1.70 bits per heavy atom. The average molecular weight is 451 g/mol. The van der Waals surface area contributed by atoms with E-state index in [4.69, 9.17) is 16.7 Å². The van der Waals surface area contributed by atoms with Gasteiger partial charge in [-0.05, 0) is 67.3 Å². The summed E-state index contributed by atoms with van der Waals surface area (Å²) in [6.45, 7) is 4.95. The van der Waals surface area contributed by atoms with Gasteiger partial charge in [0.05, 0.1) is 11.3 Å². The van der Waals surface area contributed by atoms with Crippen molar-refractivity contribution in [3.05, 3.63) is 64.2 Å². The van der Waals surface area contributed by atoms with E-state index in [0.29, 0.717) is 31.7 Å². The van der Waals surface area contributed by atoms with Crippen LogP contribution >= 0.6 is 11.6 Å². The Morgan fingerprint density at radius 1 is 1.03 bits per heavy atom. The summed E-state index contributed by atoms with van der Waals surface area (Å²) >= 11 is 5.91. The lowest BCUT2D eigenvalue weighted by Crippen LogP contribution is -2.48. The summed E-state index contributed by atoms with van der Waals surface area (Å²) in [6.07, 6.45) is 1.78. The number of aryl methyl sites for hydroxylation is 2. The molecule has 0 bridgehead atoms. The fraction of sp³-hybridized carbons (Fsp3) is 0.409. The number of hydrogen-bond acceptors (Lipinski definition) is 4. The minimum atomic E-state index is -3.63. The van der Waals surface area contributed by atoms with Gasteiger partial charge >= 0.3 is 5.97 Å². The Kier molecular flexibility index (Phi) is 7.52. The van der Waals surface area contributed by atoms with Crippen molar-refractivity contribution in [3.63, 3.8) is 0 Å². The number of piperazine rings is 1. The number of carboxylic acids is 1. The van der Waals surface area contributed by atoms with E-state index in [2.05, 4.69) is 4.90 Å². The van der Waals surface area contributed by atoms with E-state index in [1.54, 1.807) is 19.1 Å². The van der Waals surface area contributed by atoms with Gasteiger partial charge in [0.15, 0.2) is 0 Å². The van der Waals surface area contributed by atoms with Gasteiger partial charge in [0, 0.05) is 31.2 Å². The number of sulfonamides is 1. The highest BCUT2D eigenvalue weighted by molar-refractivity contribution is 7.89.